The zero-order chi connectivity index (χ0) is 22.4. The number of alkyl halides is 1. The van der Waals surface area contributed by atoms with Gasteiger partial charge in [-0.2, -0.15) is 0 Å². The van der Waals surface area contributed by atoms with E-state index < -0.39 is 29.2 Å². The van der Waals surface area contributed by atoms with Gasteiger partial charge in [0.2, 0.25) is 0 Å². The van der Waals surface area contributed by atoms with Gasteiger partial charge >= 0.3 is 0 Å². The van der Waals surface area contributed by atoms with Gasteiger partial charge in [-0.1, -0.05) is 18.5 Å². The molecular formula is C21H23ClF2N4O3. The largest absolute Gasteiger partial charge is 0.382 e. The van der Waals surface area contributed by atoms with Crippen LogP contribution < -0.4 is 5.32 Å². The van der Waals surface area contributed by atoms with Gasteiger partial charge in [0.05, 0.1) is 17.1 Å². The lowest BCUT2D eigenvalue weighted by Gasteiger charge is -2.44. The zero-order valence-electron chi connectivity index (χ0n) is 16.9. The molecule has 0 radical (unpaired) electrons. The number of rotatable bonds is 5. The average Bonchev–Trinajstić information content (AvgIpc) is 3.00. The number of piperidine rings is 1. The number of fused-ring (bicyclic) bond motifs is 1. The fourth-order valence-corrected chi connectivity index (χ4v) is 4.56. The fourth-order valence-electron chi connectivity index (χ4n) is 4.47. The van der Waals surface area contributed by atoms with Crippen molar-refractivity contribution >= 4 is 17.5 Å². The molecule has 7 nitrogen and oxygen atoms in total. The molecule has 0 saturated carbocycles. The van der Waals surface area contributed by atoms with Crippen molar-refractivity contribution in [2.45, 2.75) is 50.2 Å². The quantitative estimate of drug-likeness (QED) is 0.645. The maximum atomic E-state index is 15.8. The van der Waals surface area contributed by atoms with Crippen molar-refractivity contribution in [2.24, 2.45) is 0 Å². The monoisotopic (exact) mass is 452 g/mol. The second kappa shape index (κ2) is 8.05. The molecule has 3 heterocycles. The third-order valence-corrected chi connectivity index (χ3v) is 6.48. The predicted octanol–water partition coefficient (Wildman–Crippen LogP) is 2.61. The number of benzene rings is 1. The Morgan fingerprint density at radius 2 is 1.97 bits per heavy atom. The Labute approximate surface area is 183 Å². The number of hydrogen-bond acceptors (Lipinski definition) is 6. The molecule has 0 spiro atoms. The molecule has 1 fully saturated rings. The summed E-state index contributed by atoms with van der Waals surface area (Å²) < 4.78 is 30.8. The van der Waals surface area contributed by atoms with Crippen molar-refractivity contribution in [3.63, 3.8) is 0 Å². The highest BCUT2D eigenvalue weighted by atomic mass is 35.5. The molecule has 2 aliphatic rings. The minimum absolute atomic E-state index is 0.000793. The third-order valence-electron chi connectivity index (χ3n) is 6.29. The fraction of sp³-hybridized carbons (Fsp3) is 0.476. The standard InChI is InChI=1S/C21H23ClF2N4O3/c1-2-21(31,20(24)3-5-25-6-4-20)12-7-14-17(15(23)8-12)19(30)28(18(14)29)11-16-26-9-13(22)10-27-16/h7-10,19,25,30-31H,2-6,11H2,1H3/t19-,21?/m1/s1. The number of aliphatic hydroxyl groups excluding tert-OH is 1. The van der Waals surface area contributed by atoms with Crippen LogP contribution in [0, 0.1) is 5.82 Å². The topological polar surface area (TPSA) is 98.6 Å². The van der Waals surface area contributed by atoms with Crippen molar-refractivity contribution in [3.05, 3.63) is 57.9 Å². The van der Waals surface area contributed by atoms with Crippen LogP contribution in [-0.4, -0.2) is 49.7 Å². The first-order chi connectivity index (χ1) is 14.7. The Morgan fingerprint density at radius 3 is 2.58 bits per heavy atom. The predicted molar refractivity (Wildman–Crippen MR) is 108 cm³/mol. The van der Waals surface area contributed by atoms with Crippen molar-refractivity contribution in [3.8, 4) is 0 Å². The van der Waals surface area contributed by atoms with E-state index in [1.54, 1.807) is 6.92 Å². The molecule has 0 aliphatic carbocycles. The highest BCUT2D eigenvalue weighted by molar-refractivity contribution is 6.30. The van der Waals surface area contributed by atoms with Gasteiger partial charge in [0.15, 0.2) is 6.23 Å². The number of carbonyl (C=O) groups is 1. The van der Waals surface area contributed by atoms with Gasteiger partial charge < -0.3 is 20.4 Å². The van der Waals surface area contributed by atoms with Crippen LogP contribution in [0.25, 0.3) is 0 Å². The van der Waals surface area contributed by atoms with Gasteiger partial charge in [0.25, 0.3) is 5.91 Å². The number of aliphatic hydroxyl groups is 2. The summed E-state index contributed by atoms with van der Waals surface area (Å²) in [6, 6.07) is 2.31. The Hall–Kier alpha value is -2.20. The lowest BCUT2D eigenvalue weighted by Crippen LogP contribution is -2.53. The van der Waals surface area contributed by atoms with E-state index in [0.717, 1.165) is 11.0 Å². The maximum absolute atomic E-state index is 15.8. The number of hydrogen-bond donors (Lipinski definition) is 3. The molecule has 0 bridgehead atoms. The Morgan fingerprint density at radius 1 is 1.32 bits per heavy atom. The summed E-state index contributed by atoms with van der Waals surface area (Å²) >= 11 is 5.77. The summed E-state index contributed by atoms with van der Waals surface area (Å²) in [7, 11) is 0. The van der Waals surface area contributed by atoms with E-state index in [1.165, 1.54) is 18.5 Å². The van der Waals surface area contributed by atoms with Crippen LogP contribution in [0.15, 0.2) is 24.5 Å². The number of amides is 1. The molecule has 2 aromatic rings. The molecule has 1 aromatic heterocycles. The lowest BCUT2D eigenvalue weighted by molar-refractivity contribution is -0.127. The molecular weight excluding hydrogens is 430 g/mol. The highest BCUT2D eigenvalue weighted by Crippen LogP contribution is 2.46. The minimum atomic E-state index is -1.97. The van der Waals surface area contributed by atoms with Crippen molar-refractivity contribution in [1.82, 2.24) is 20.2 Å². The highest BCUT2D eigenvalue weighted by Gasteiger charge is 2.52. The van der Waals surface area contributed by atoms with E-state index in [0.29, 0.717) is 18.1 Å². The molecule has 166 valence electrons. The summed E-state index contributed by atoms with van der Waals surface area (Å²) in [4.78, 5) is 22.0. The first kappa shape index (κ1) is 22.0. The molecule has 1 aromatic carbocycles. The SMILES string of the molecule is CCC(O)(c1cc(F)c2c(c1)C(=O)N(Cc1ncc(Cl)cn1)[C@@H]2O)C1(F)CCNCC1. The Bertz CT molecular complexity index is 1000. The summed E-state index contributed by atoms with van der Waals surface area (Å²) in [6.07, 6.45) is 1.27. The van der Waals surface area contributed by atoms with E-state index in [9.17, 15) is 15.0 Å². The third kappa shape index (κ3) is 3.59. The van der Waals surface area contributed by atoms with E-state index in [1.807, 2.05) is 0 Å². The Balaban J connectivity index is 1.71. The molecule has 3 N–H and O–H groups in total. The second-order valence-corrected chi connectivity index (χ2v) is 8.41. The van der Waals surface area contributed by atoms with Gasteiger partial charge in [0.1, 0.15) is 22.9 Å². The normalized spacial score (nSPS) is 22.3. The molecule has 4 rings (SSSR count). The van der Waals surface area contributed by atoms with E-state index in [4.69, 9.17) is 11.6 Å². The number of aromatic nitrogens is 2. The molecule has 1 amide bonds. The van der Waals surface area contributed by atoms with Crippen molar-refractivity contribution < 1.29 is 23.8 Å². The van der Waals surface area contributed by atoms with Gasteiger partial charge in [0, 0.05) is 18.0 Å². The van der Waals surface area contributed by atoms with Crippen molar-refractivity contribution in [2.75, 3.05) is 13.1 Å². The molecule has 2 atom stereocenters. The average molecular weight is 453 g/mol. The second-order valence-electron chi connectivity index (χ2n) is 7.97. The van der Waals surface area contributed by atoms with Crippen LogP contribution in [-0.2, 0) is 12.1 Å². The van der Waals surface area contributed by atoms with Gasteiger partial charge in [-0.25, -0.2) is 18.7 Å². The van der Waals surface area contributed by atoms with E-state index in [2.05, 4.69) is 15.3 Å². The molecule has 1 saturated heterocycles. The number of nitrogens with zero attached hydrogens (tertiary/aromatic N) is 3. The van der Waals surface area contributed by atoms with E-state index in [-0.39, 0.29) is 48.3 Å². The molecule has 2 aliphatic heterocycles. The van der Waals surface area contributed by atoms with Crippen molar-refractivity contribution in [1.29, 1.82) is 0 Å². The summed E-state index contributed by atoms with van der Waals surface area (Å²) in [5, 5.41) is 25.3. The van der Waals surface area contributed by atoms with Gasteiger partial charge in [-0.05, 0) is 50.0 Å². The van der Waals surface area contributed by atoms with E-state index >= 15 is 8.78 Å². The zero-order valence-corrected chi connectivity index (χ0v) is 17.7. The van der Waals surface area contributed by atoms with Crippen LogP contribution >= 0.6 is 11.6 Å². The molecule has 1 unspecified atom stereocenters. The number of halogens is 3. The molecule has 10 heteroatoms. The van der Waals surface area contributed by atoms with Crippen LogP contribution in [0.3, 0.4) is 0 Å². The molecule has 31 heavy (non-hydrogen) atoms. The summed E-state index contributed by atoms with van der Waals surface area (Å²) in [5.74, 6) is -1.32. The maximum Gasteiger partial charge on any atom is 0.257 e. The van der Waals surface area contributed by atoms with Crippen LogP contribution in [0.5, 0.6) is 0 Å². The van der Waals surface area contributed by atoms with Gasteiger partial charge in [-0.15, -0.1) is 0 Å². The summed E-state index contributed by atoms with van der Waals surface area (Å²) in [6.45, 7) is 2.23. The van der Waals surface area contributed by atoms with Crippen LogP contribution in [0.4, 0.5) is 8.78 Å². The first-order valence-corrected chi connectivity index (χ1v) is 10.5. The first-order valence-electron chi connectivity index (χ1n) is 10.1. The Kier molecular flexibility index (Phi) is 5.72. The smallest absolute Gasteiger partial charge is 0.257 e. The minimum Gasteiger partial charge on any atom is -0.382 e. The lowest BCUT2D eigenvalue weighted by atomic mass is 9.71. The summed E-state index contributed by atoms with van der Waals surface area (Å²) in [5.41, 5.74) is -4.27. The van der Waals surface area contributed by atoms with Gasteiger partial charge in [-0.3, -0.25) is 4.79 Å². The number of carbonyl (C=O) groups excluding carboxylic acids is 1. The van der Waals surface area contributed by atoms with Crippen LogP contribution in [0.2, 0.25) is 5.02 Å². The van der Waals surface area contributed by atoms with Crippen LogP contribution in [0.1, 0.15) is 59.7 Å². The number of nitrogens with one attached hydrogen (secondary N) is 1.